The molecule has 0 saturated carbocycles. The van der Waals surface area contributed by atoms with Crippen LogP contribution in [0.3, 0.4) is 0 Å². The number of carboxylic acid groups (broad SMARTS) is 1. The second kappa shape index (κ2) is 14.3. The zero-order chi connectivity index (χ0) is 27.1. The Kier molecular flexibility index (Phi) is 11.8. The summed E-state index contributed by atoms with van der Waals surface area (Å²) in [6.07, 6.45) is 1.56. The van der Waals surface area contributed by atoms with Crippen molar-refractivity contribution in [3.05, 3.63) is 63.0 Å². The predicted molar refractivity (Wildman–Crippen MR) is 135 cm³/mol. The van der Waals surface area contributed by atoms with Crippen molar-refractivity contribution in [2.75, 3.05) is 20.3 Å². The molecule has 1 atom stereocenters. The molecule has 0 fully saturated rings. The molecule has 10 heteroatoms. The molecule has 1 heterocycles. The number of aliphatic hydroxyl groups is 1. The van der Waals surface area contributed by atoms with Gasteiger partial charge in [0, 0.05) is 17.2 Å². The van der Waals surface area contributed by atoms with Crippen LogP contribution in [-0.4, -0.2) is 43.3 Å². The number of fused-ring (bicyclic) bond motifs is 1. The van der Waals surface area contributed by atoms with Gasteiger partial charge in [-0.15, -0.1) is 0 Å². The summed E-state index contributed by atoms with van der Waals surface area (Å²) < 4.78 is 22.7. The monoisotopic (exact) mass is 534 g/mol. The quantitative estimate of drug-likeness (QED) is 0.239. The normalized spacial score (nSPS) is 11.5. The number of aryl methyl sites for hydroxylation is 1. The van der Waals surface area contributed by atoms with E-state index < -0.39 is 23.3 Å². The second-order valence-corrected chi connectivity index (χ2v) is 8.64. The van der Waals surface area contributed by atoms with Crippen molar-refractivity contribution in [1.82, 2.24) is 0 Å². The Labute approximate surface area is 243 Å². The van der Waals surface area contributed by atoms with Crippen molar-refractivity contribution in [3.63, 3.8) is 0 Å². The third kappa shape index (κ3) is 7.17. The van der Waals surface area contributed by atoms with Gasteiger partial charge in [-0.05, 0) is 44.0 Å². The van der Waals surface area contributed by atoms with E-state index in [-0.39, 0.29) is 59.5 Å². The topological polar surface area (TPSA) is 135 Å². The van der Waals surface area contributed by atoms with E-state index in [4.69, 9.17) is 18.6 Å². The van der Waals surface area contributed by atoms with Crippen molar-refractivity contribution in [3.8, 4) is 17.2 Å². The molecule has 1 N–H and O–H groups in total. The smallest absolute Gasteiger partial charge is 0.542 e. The fraction of sp³-hybridized carbons (Fsp3) is 0.393. The van der Waals surface area contributed by atoms with Crippen LogP contribution in [-0.2, 0) is 12.8 Å². The molecule has 38 heavy (non-hydrogen) atoms. The number of carboxylic acids is 1. The van der Waals surface area contributed by atoms with Crippen molar-refractivity contribution in [2.24, 2.45) is 0 Å². The summed E-state index contributed by atoms with van der Waals surface area (Å²) in [5.74, 6) is -0.918. The first-order valence-corrected chi connectivity index (χ1v) is 12.2. The molecule has 1 unspecified atom stereocenters. The van der Waals surface area contributed by atoms with Gasteiger partial charge in [0.05, 0.1) is 18.1 Å². The summed E-state index contributed by atoms with van der Waals surface area (Å²) in [6.45, 7) is 5.19. The number of carbonyl (C=O) groups excluding carboxylic acids is 2. The minimum absolute atomic E-state index is 0. The molecule has 0 aliphatic carbocycles. The molecule has 0 amide bonds. The Balaban J connectivity index is 0.00000507. The predicted octanol–water partition coefficient (Wildman–Crippen LogP) is 0.0954. The van der Waals surface area contributed by atoms with Crippen LogP contribution in [0.1, 0.15) is 65.7 Å². The van der Waals surface area contributed by atoms with E-state index in [1.54, 1.807) is 18.2 Å². The molecule has 3 aromatic rings. The molecule has 0 radical (unpaired) electrons. The summed E-state index contributed by atoms with van der Waals surface area (Å²) in [7, 11) is 1.50. The van der Waals surface area contributed by atoms with E-state index in [1.807, 2.05) is 13.8 Å². The Morgan fingerprint density at radius 3 is 2.13 bits per heavy atom. The van der Waals surface area contributed by atoms with Crippen molar-refractivity contribution >= 4 is 22.7 Å². The fourth-order valence-corrected chi connectivity index (χ4v) is 4.14. The number of aromatic carboxylic acids is 1. The number of Topliss-reactive ketones (excluding diaryl/α,β-unsaturated/α-hetero) is 1. The van der Waals surface area contributed by atoms with Crippen LogP contribution in [0.25, 0.3) is 11.0 Å². The van der Waals surface area contributed by atoms with Crippen LogP contribution in [0.4, 0.5) is 0 Å². The summed E-state index contributed by atoms with van der Waals surface area (Å²) in [5.41, 5.74) is 1.38. The van der Waals surface area contributed by atoms with Crippen molar-refractivity contribution in [2.45, 2.75) is 52.6 Å². The number of benzene rings is 2. The van der Waals surface area contributed by atoms with Gasteiger partial charge in [-0.25, -0.2) is 0 Å². The van der Waals surface area contributed by atoms with Crippen molar-refractivity contribution in [1.29, 1.82) is 0 Å². The maximum absolute atomic E-state index is 12.4. The molecule has 9 nitrogen and oxygen atoms in total. The van der Waals surface area contributed by atoms with E-state index in [9.17, 15) is 24.6 Å². The fourth-order valence-electron chi connectivity index (χ4n) is 4.14. The van der Waals surface area contributed by atoms with Crippen LogP contribution >= 0.6 is 0 Å². The summed E-state index contributed by atoms with van der Waals surface area (Å²) >= 11 is 0. The van der Waals surface area contributed by atoms with E-state index >= 15 is 0 Å². The van der Waals surface area contributed by atoms with E-state index in [2.05, 4.69) is 0 Å². The van der Waals surface area contributed by atoms with Crippen LogP contribution in [0.15, 0.2) is 39.5 Å². The van der Waals surface area contributed by atoms with E-state index in [1.165, 1.54) is 20.1 Å². The molecule has 0 bridgehead atoms. The number of methoxy groups -OCH3 is 1. The largest absolute Gasteiger partial charge is 1.00 e. The van der Waals surface area contributed by atoms with Gasteiger partial charge in [0.1, 0.15) is 48.1 Å². The summed E-state index contributed by atoms with van der Waals surface area (Å²) in [6, 6.07) is 7.31. The number of carbonyl (C=O) groups is 2. The van der Waals surface area contributed by atoms with Gasteiger partial charge in [-0.3, -0.25) is 9.59 Å². The molecular formula is C28H31NaO9. The maximum Gasteiger partial charge on any atom is 1.00 e. The zero-order valence-electron chi connectivity index (χ0n) is 22.4. The first-order valence-electron chi connectivity index (χ1n) is 12.2. The first-order chi connectivity index (χ1) is 17.7. The van der Waals surface area contributed by atoms with Gasteiger partial charge in [-0.2, -0.15) is 0 Å². The van der Waals surface area contributed by atoms with E-state index in [0.717, 1.165) is 18.1 Å². The minimum Gasteiger partial charge on any atom is -0.542 e. The van der Waals surface area contributed by atoms with Crippen molar-refractivity contribution < 1.29 is 68.0 Å². The Hall–Kier alpha value is -2.85. The third-order valence-electron chi connectivity index (χ3n) is 5.82. The molecule has 2 aromatic carbocycles. The van der Waals surface area contributed by atoms with Gasteiger partial charge < -0.3 is 33.6 Å². The van der Waals surface area contributed by atoms with Gasteiger partial charge in [0.25, 0.3) is 0 Å². The SMILES string of the molecule is CCCc1c(OCC(O)COc2ccc3c(=O)cc(C(=O)[O-])oc3c2CCC)ccc(C(C)=O)c1OC.[Na+]. The summed E-state index contributed by atoms with van der Waals surface area (Å²) in [4.78, 5) is 35.6. The number of ketones is 1. The van der Waals surface area contributed by atoms with Crippen LogP contribution in [0, 0.1) is 0 Å². The van der Waals surface area contributed by atoms with Gasteiger partial charge in [0.15, 0.2) is 17.0 Å². The molecule has 0 aliphatic rings. The molecule has 3 rings (SSSR count). The Morgan fingerprint density at radius 1 is 1.00 bits per heavy atom. The number of ether oxygens (including phenoxy) is 3. The van der Waals surface area contributed by atoms with E-state index in [0.29, 0.717) is 47.6 Å². The number of hydrogen-bond acceptors (Lipinski definition) is 9. The number of aliphatic hydroxyl groups excluding tert-OH is 1. The molecule has 0 saturated heterocycles. The number of hydrogen-bond donors (Lipinski definition) is 1. The number of rotatable bonds is 13. The zero-order valence-corrected chi connectivity index (χ0v) is 24.4. The van der Waals surface area contributed by atoms with Crippen LogP contribution in [0.2, 0.25) is 0 Å². The standard InChI is InChI=1S/C28H32O9.Na/c1-5-7-20-23(11-9-18(16(3)29)26(20)34-4)35-14-17(30)15-36-24-12-10-19-22(31)13-25(28(32)33)37-27(19)21(24)8-6-2;/h9-13,17,30H,5-8,14-15H2,1-4H3,(H,32,33);/q;+1/p-1. The van der Waals surface area contributed by atoms with Crippen LogP contribution in [0.5, 0.6) is 17.2 Å². The average Bonchev–Trinajstić information content (AvgIpc) is 2.87. The molecule has 0 spiro atoms. The first kappa shape index (κ1) is 31.4. The molecule has 1 aromatic heterocycles. The Bertz CT molecular complexity index is 1350. The average molecular weight is 535 g/mol. The molecule has 198 valence electrons. The van der Waals surface area contributed by atoms with Gasteiger partial charge in [-0.1, -0.05) is 26.7 Å². The summed E-state index contributed by atoms with van der Waals surface area (Å²) in [5, 5.41) is 22.1. The third-order valence-corrected chi connectivity index (χ3v) is 5.82. The Morgan fingerprint density at radius 2 is 1.58 bits per heavy atom. The van der Waals surface area contributed by atoms with Crippen LogP contribution < -0.4 is 54.3 Å². The van der Waals surface area contributed by atoms with Gasteiger partial charge in [0.2, 0.25) is 0 Å². The maximum atomic E-state index is 12.4. The second-order valence-electron chi connectivity index (χ2n) is 8.64. The molecule has 0 aliphatic heterocycles. The molecular weight excluding hydrogens is 503 g/mol. The van der Waals surface area contributed by atoms with Gasteiger partial charge >= 0.3 is 29.6 Å². The minimum atomic E-state index is -1.59.